The van der Waals surface area contributed by atoms with Crippen molar-refractivity contribution in [3.63, 3.8) is 0 Å². The summed E-state index contributed by atoms with van der Waals surface area (Å²) >= 11 is 0. The molecule has 2 nitrogen and oxygen atoms in total. The van der Waals surface area contributed by atoms with E-state index in [4.69, 9.17) is 10.5 Å². The topological polar surface area (TPSA) is 35.2 Å². The summed E-state index contributed by atoms with van der Waals surface area (Å²) in [6.45, 7) is 3.38. The Balaban J connectivity index is 2.54. The van der Waals surface area contributed by atoms with E-state index in [1.54, 1.807) is 0 Å². The van der Waals surface area contributed by atoms with Gasteiger partial charge < -0.3 is 10.5 Å². The maximum Gasteiger partial charge on any atom is 0.416 e. The van der Waals surface area contributed by atoms with E-state index in [1.165, 1.54) is 6.92 Å². The highest BCUT2D eigenvalue weighted by Gasteiger charge is 2.44. The van der Waals surface area contributed by atoms with Crippen molar-refractivity contribution >= 4 is 0 Å². The molecule has 1 fully saturated rings. The first-order chi connectivity index (χ1) is 7.30. The lowest BCUT2D eigenvalue weighted by Gasteiger charge is -2.32. The molecule has 5 heteroatoms. The highest BCUT2D eigenvalue weighted by molar-refractivity contribution is 4.80. The summed E-state index contributed by atoms with van der Waals surface area (Å²) in [6, 6.07) is -1.02. The van der Waals surface area contributed by atoms with E-state index in [0.717, 1.165) is 12.8 Å². The molecule has 0 radical (unpaired) electrons. The van der Waals surface area contributed by atoms with E-state index in [-0.39, 0.29) is 6.10 Å². The van der Waals surface area contributed by atoms with Crippen molar-refractivity contribution in [1.29, 1.82) is 0 Å². The molecule has 96 valence electrons. The zero-order chi connectivity index (χ0) is 12.3. The minimum Gasteiger partial charge on any atom is -0.364 e. The van der Waals surface area contributed by atoms with E-state index in [9.17, 15) is 13.2 Å². The van der Waals surface area contributed by atoms with Crippen LogP contribution in [0.4, 0.5) is 13.2 Å². The Hall–Kier alpha value is -0.290. The van der Waals surface area contributed by atoms with Crippen molar-refractivity contribution in [3.05, 3.63) is 0 Å². The lowest BCUT2D eigenvalue weighted by atomic mass is 9.88. The van der Waals surface area contributed by atoms with Gasteiger partial charge in [-0.2, -0.15) is 13.2 Å². The molecule has 0 aromatic carbocycles. The number of halogens is 3. The van der Waals surface area contributed by atoms with Gasteiger partial charge in [0.2, 0.25) is 0 Å². The molecule has 4 unspecified atom stereocenters. The second-order valence-electron chi connectivity index (χ2n) is 4.85. The molecule has 1 saturated carbocycles. The number of rotatable bonds is 3. The van der Waals surface area contributed by atoms with Crippen LogP contribution in [0.1, 0.15) is 39.5 Å². The van der Waals surface area contributed by atoms with Crippen LogP contribution in [0.15, 0.2) is 0 Å². The summed E-state index contributed by atoms with van der Waals surface area (Å²) in [5.41, 5.74) is 5.33. The van der Waals surface area contributed by atoms with Crippen molar-refractivity contribution in [2.45, 2.75) is 64.0 Å². The summed E-state index contributed by atoms with van der Waals surface area (Å²) in [5, 5.41) is 0. The van der Waals surface area contributed by atoms with Crippen molar-refractivity contribution in [2.24, 2.45) is 11.7 Å². The maximum absolute atomic E-state index is 12.6. The van der Waals surface area contributed by atoms with Crippen LogP contribution >= 0.6 is 0 Å². The lowest BCUT2D eigenvalue weighted by Crippen LogP contribution is -2.47. The zero-order valence-electron chi connectivity index (χ0n) is 9.76. The maximum atomic E-state index is 12.6. The van der Waals surface area contributed by atoms with E-state index in [2.05, 4.69) is 0 Å². The third-order valence-corrected chi connectivity index (χ3v) is 3.03. The first-order valence-electron chi connectivity index (χ1n) is 5.78. The van der Waals surface area contributed by atoms with Crippen molar-refractivity contribution in [1.82, 2.24) is 0 Å². The average Bonchev–Trinajstić information content (AvgIpc) is 2.12. The Labute approximate surface area is 94.3 Å². The van der Waals surface area contributed by atoms with Gasteiger partial charge in [0.25, 0.3) is 0 Å². The van der Waals surface area contributed by atoms with Gasteiger partial charge in [-0.1, -0.05) is 19.8 Å². The molecule has 0 aromatic heterocycles. The van der Waals surface area contributed by atoms with Gasteiger partial charge in [-0.25, -0.2) is 0 Å². The third-order valence-electron chi connectivity index (χ3n) is 3.03. The summed E-state index contributed by atoms with van der Waals surface area (Å²) in [5.74, 6) is 0.445. The van der Waals surface area contributed by atoms with E-state index in [0.29, 0.717) is 18.8 Å². The van der Waals surface area contributed by atoms with Crippen LogP contribution in [0.2, 0.25) is 0 Å². The summed E-state index contributed by atoms with van der Waals surface area (Å²) in [7, 11) is 0. The predicted octanol–water partition coefficient (Wildman–Crippen LogP) is 2.86. The van der Waals surface area contributed by atoms with Crippen LogP contribution in [-0.2, 0) is 4.74 Å². The van der Waals surface area contributed by atoms with Crippen LogP contribution in [0, 0.1) is 5.92 Å². The minimum absolute atomic E-state index is 0.290. The van der Waals surface area contributed by atoms with Gasteiger partial charge in [0.15, 0.2) is 6.10 Å². The first-order valence-corrected chi connectivity index (χ1v) is 5.78. The van der Waals surface area contributed by atoms with Gasteiger partial charge in [0, 0.05) is 6.04 Å². The lowest BCUT2D eigenvalue weighted by molar-refractivity contribution is -0.241. The van der Waals surface area contributed by atoms with Crippen LogP contribution in [-0.4, -0.2) is 24.4 Å². The van der Waals surface area contributed by atoms with Gasteiger partial charge in [-0.05, 0) is 25.7 Å². The molecule has 2 N–H and O–H groups in total. The monoisotopic (exact) mass is 239 g/mol. The van der Waals surface area contributed by atoms with Gasteiger partial charge in [0.1, 0.15) is 0 Å². The molecule has 0 spiro atoms. The largest absolute Gasteiger partial charge is 0.416 e. The Morgan fingerprint density at radius 2 is 1.94 bits per heavy atom. The zero-order valence-corrected chi connectivity index (χ0v) is 9.76. The molecular formula is C11H20F3NO. The fourth-order valence-electron chi connectivity index (χ4n) is 2.21. The van der Waals surface area contributed by atoms with E-state index < -0.39 is 18.3 Å². The van der Waals surface area contributed by atoms with Gasteiger partial charge in [-0.3, -0.25) is 0 Å². The molecule has 0 amide bonds. The molecule has 4 atom stereocenters. The summed E-state index contributed by atoms with van der Waals surface area (Å²) < 4.78 is 43.0. The molecule has 0 heterocycles. The third kappa shape index (κ3) is 3.94. The fourth-order valence-corrected chi connectivity index (χ4v) is 2.21. The Morgan fingerprint density at radius 3 is 2.38 bits per heavy atom. The van der Waals surface area contributed by atoms with Gasteiger partial charge in [-0.15, -0.1) is 0 Å². The number of nitrogens with two attached hydrogens (primary N) is 1. The standard InChI is InChI=1S/C11H20F3NO/c1-7-4-3-5-9(6-7)16-10(8(2)15)11(12,13)14/h7-10H,3-6,15H2,1-2H3. The molecule has 1 aliphatic rings. The smallest absolute Gasteiger partial charge is 0.364 e. The molecular weight excluding hydrogens is 219 g/mol. The predicted molar refractivity (Wildman–Crippen MR) is 56.0 cm³/mol. The number of hydrogen-bond donors (Lipinski definition) is 1. The SMILES string of the molecule is CC1CCCC(OC(C(C)N)C(F)(F)F)C1. The van der Waals surface area contributed by atoms with Gasteiger partial charge >= 0.3 is 6.18 Å². The fraction of sp³-hybridized carbons (Fsp3) is 1.00. The normalized spacial score (nSPS) is 31.1. The molecule has 0 aromatic rings. The average molecular weight is 239 g/mol. The minimum atomic E-state index is -4.37. The van der Waals surface area contributed by atoms with Gasteiger partial charge in [0.05, 0.1) is 6.10 Å². The van der Waals surface area contributed by atoms with Crippen molar-refractivity contribution in [2.75, 3.05) is 0 Å². The molecule has 0 bridgehead atoms. The van der Waals surface area contributed by atoms with Crippen molar-refractivity contribution in [3.8, 4) is 0 Å². The summed E-state index contributed by atoms with van der Waals surface area (Å²) in [6.07, 6.45) is -3.05. The van der Waals surface area contributed by atoms with E-state index in [1.807, 2.05) is 6.92 Å². The van der Waals surface area contributed by atoms with Crippen LogP contribution in [0.5, 0.6) is 0 Å². The summed E-state index contributed by atoms with van der Waals surface area (Å²) in [4.78, 5) is 0. The highest BCUT2D eigenvalue weighted by Crippen LogP contribution is 2.31. The number of hydrogen-bond acceptors (Lipinski definition) is 2. The molecule has 1 aliphatic carbocycles. The second-order valence-corrected chi connectivity index (χ2v) is 4.85. The molecule has 1 rings (SSSR count). The Morgan fingerprint density at radius 1 is 1.31 bits per heavy atom. The first kappa shape index (κ1) is 13.8. The van der Waals surface area contributed by atoms with Crippen LogP contribution in [0.3, 0.4) is 0 Å². The van der Waals surface area contributed by atoms with E-state index >= 15 is 0 Å². The van der Waals surface area contributed by atoms with Crippen LogP contribution in [0.25, 0.3) is 0 Å². The second kappa shape index (κ2) is 5.36. The van der Waals surface area contributed by atoms with Crippen LogP contribution < -0.4 is 5.73 Å². The molecule has 0 saturated heterocycles. The quantitative estimate of drug-likeness (QED) is 0.822. The van der Waals surface area contributed by atoms with Crippen molar-refractivity contribution < 1.29 is 17.9 Å². The number of ether oxygens (including phenoxy) is 1. The number of alkyl halides is 3. The Kier molecular flexibility index (Phi) is 4.62. The highest BCUT2D eigenvalue weighted by atomic mass is 19.4. The molecule has 16 heavy (non-hydrogen) atoms. The molecule has 0 aliphatic heterocycles. The Bertz CT molecular complexity index is 218.